The van der Waals surface area contributed by atoms with Gasteiger partial charge in [0.1, 0.15) is 29.3 Å². The molecule has 6 aliphatic rings. The van der Waals surface area contributed by atoms with Crippen LogP contribution in [0.4, 0.5) is 9.59 Å². The average Bonchev–Trinajstić information content (AvgIpc) is 4.04. The van der Waals surface area contributed by atoms with Crippen LogP contribution in [0.15, 0.2) is 36.9 Å². The zero-order chi connectivity index (χ0) is 37.2. The second kappa shape index (κ2) is 13.2. The highest BCUT2D eigenvalue weighted by molar-refractivity contribution is 7.91. The molecule has 3 heterocycles. The summed E-state index contributed by atoms with van der Waals surface area (Å²) in [6.07, 6.45) is 6.65. The van der Waals surface area contributed by atoms with Gasteiger partial charge in [-0.15, -0.1) is 6.58 Å². The highest BCUT2D eigenvalue weighted by Crippen LogP contribution is 2.49. The third-order valence-electron chi connectivity index (χ3n) is 11.5. The number of hydrogen-bond donors (Lipinski definition) is 3. The Balaban J connectivity index is 1.15. The molecule has 3 aliphatic heterocycles. The number of rotatable bonds is 7. The number of alkyl carbamates (subject to hydrolysis) is 1. The van der Waals surface area contributed by atoms with Crippen molar-refractivity contribution in [3.8, 4) is 0 Å². The number of benzene rings is 1. The van der Waals surface area contributed by atoms with Crippen LogP contribution in [-0.4, -0.2) is 89.2 Å². The van der Waals surface area contributed by atoms with Gasteiger partial charge in [0, 0.05) is 24.8 Å². The van der Waals surface area contributed by atoms with Gasteiger partial charge in [-0.2, -0.15) is 0 Å². The summed E-state index contributed by atoms with van der Waals surface area (Å²) in [4.78, 5) is 71.6. The first kappa shape index (κ1) is 36.0. The van der Waals surface area contributed by atoms with E-state index in [0.29, 0.717) is 32.4 Å². The first-order valence-corrected chi connectivity index (χ1v) is 19.7. The van der Waals surface area contributed by atoms with Gasteiger partial charge in [-0.25, -0.2) is 18.0 Å². The molecule has 0 spiro atoms. The van der Waals surface area contributed by atoms with E-state index >= 15 is 0 Å². The summed E-state index contributed by atoms with van der Waals surface area (Å²) in [5.74, 6) is -2.94. The predicted octanol–water partition coefficient (Wildman–Crippen LogP) is 3.11. The first-order valence-electron chi connectivity index (χ1n) is 18.2. The lowest BCUT2D eigenvalue weighted by molar-refractivity contribution is -0.141. The van der Waals surface area contributed by atoms with Crippen LogP contribution in [0.5, 0.6) is 0 Å². The second-order valence-corrected chi connectivity index (χ2v) is 17.7. The van der Waals surface area contributed by atoms with Crippen molar-refractivity contribution in [1.82, 2.24) is 25.2 Å². The van der Waals surface area contributed by atoms with Crippen molar-refractivity contribution in [2.24, 2.45) is 17.8 Å². The number of nitrogens with one attached hydrogen (secondary N) is 3. The normalized spacial score (nSPS) is 33.0. The van der Waals surface area contributed by atoms with E-state index in [1.165, 1.54) is 11.0 Å². The summed E-state index contributed by atoms with van der Waals surface area (Å²) in [5, 5.41) is 4.82. The molecule has 7 rings (SSSR count). The number of amides is 5. The van der Waals surface area contributed by atoms with Crippen LogP contribution in [0.3, 0.4) is 0 Å². The predicted molar refractivity (Wildman–Crippen MR) is 188 cm³/mol. The number of nitrogens with zero attached hydrogens (tertiary/aromatic N) is 2. The van der Waals surface area contributed by atoms with Gasteiger partial charge in [0.2, 0.25) is 21.8 Å². The molecule has 1 aromatic rings. The van der Waals surface area contributed by atoms with Gasteiger partial charge in [-0.1, -0.05) is 50.3 Å². The van der Waals surface area contributed by atoms with Gasteiger partial charge in [0.15, 0.2) is 0 Å². The van der Waals surface area contributed by atoms with Gasteiger partial charge in [-0.3, -0.25) is 24.0 Å². The molecule has 4 fully saturated rings. The molecular formula is C37H47N5O9S. The average molecular weight is 738 g/mol. The fourth-order valence-electron chi connectivity index (χ4n) is 7.88. The standard InChI is InChI=1S/C37H47N5O9S/c1-5-24-17-37(24,33(45)40-52(48,49)27-13-14-27)39-31(43)29-15-26-19-42(29)32(44)30(21(2)3)38-34(46)51-36(4)16-25(36)12-7-6-9-22-10-8-11-23-18-41(20-28(22)23)35(47)50-26/h5-6,8-11,21,24-27,29-30H,1,7,12-20H2,2-4H3,(H,38,46)(H,39,43)(H,40,45)/t24-,25-,26-,29+,30+,36-,37-/m1/s1. The van der Waals surface area contributed by atoms with Gasteiger partial charge in [-0.05, 0) is 68.1 Å². The minimum absolute atomic E-state index is 0.0794. The van der Waals surface area contributed by atoms with E-state index in [4.69, 9.17) is 9.47 Å². The summed E-state index contributed by atoms with van der Waals surface area (Å²) in [6.45, 7) is 9.70. The minimum Gasteiger partial charge on any atom is -0.444 e. The molecule has 1 aromatic carbocycles. The topological polar surface area (TPSA) is 181 Å². The molecule has 280 valence electrons. The quantitative estimate of drug-likeness (QED) is 0.355. The summed E-state index contributed by atoms with van der Waals surface area (Å²) < 4.78 is 39.2. The Morgan fingerprint density at radius 3 is 2.58 bits per heavy atom. The molecule has 0 unspecified atom stereocenters. The minimum atomic E-state index is -3.91. The van der Waals surface area contributed by atoms with Crippen LogP contribution in [0.2, 0.25) is 0 Å². The van der Waals surface area contributed by atoms with E-state index in [1.54, 1.807) is 18.7 Å². The molecule has 0 radical (unpaired) electrons. The van der Waals surface area contributed by atoms with Crippen molar-refractivity contribution in [2.75, 3.05) is 6.54 Å². The maximum atomic E-state index is 14.3. The number of sulfonamides is 1. The van der Waals surface area contributed by atoms with Crippen molar-refractivity contribution in [2.45, 2.75) is 113 Å². The Hall–Kier alpha value is -4.40. The molecule has 1 saturated heterocycles. The number of carbonyl (C=O) groups is 5. The maximum absolute atomic E-state index is 14.3. The Bertz CT molecular complexity index is 1840. The Kier molecular flexibility index (Phi) is 9.15. The van der Waals surface area contributed by atoms with Crippen LogP contribution in [0.25, 0.3) is 6.08 Å². The van der Waals surface area contributed by atoms with Gasteiger partial charge < -0.3 is 25.0 Å². The lowest BCUT2D eigenvalue weighted by Crippen LogP contribution is -2.59. The largest absolute Gasteiger partial charge is 0.444 e. The number of hydrogen-bond acceptors (Lipinski definition) is 9. The SMILES string of the molecule is C=C[C@@H]1C[C@]1(NC(=O)[C@@H]1C[C@@H]2CN1C(=O)[C@H](C(C)C)NC(=O)O[C@]1(C)C[C@H]1CCC=Cc1cccc3c1CN(C3)C(=O)O2)C(=O)NS(=O)(=O)C1CC1. The van der Waals surface area contributed by atoms with E-state index in [-0.39, 0.29) is 25.3 Å². The van der Waals surface area contributed by atoms with Gasteiger partial charge in [0.25, 0.3) is 5.91 Å². The van der Waals surface area contributed by atoms with Crippen LogP contribution in [0.1, 0.15) is 82.4 Å². The van der Waals surface area contributed by atoms with E-state index < -0.39 is 86.3 Å². The highest BCUT2D eigenvalue weighted by atomic mass is 32.2. The Morgan fingerprint density at radius 2 is 1.88 bits per heavy atom. The van der Waals surface area contributed by atoms with Crippen LogP contribution >= 0.6 is 0 Å². The lowest BCUT2D eigenvalue weighted by atomic mass is 10.0. The molecular weight excluding hydrogens is 691 g/mol. The molecule has 15 heteroatoms. The Morgan fingerprint density at radius 1 is 1.12 bits per heavy atom. The van der Waals surface area contributed by atoms with Crippen molar-refractivity contribution in [3.05, 3.63) is 53.6 Å². The molecule has 14 nitrogen and oxygen atoms in total. The van der Waals surface area contributed by atoms with Crippen LogP contribution < -0.4 is 15.4 Å². The van der Waals surface area contributed by atoms with E-state index in [0.717, 1.165) is 29.5 Å². The smallest absolute Gasteiger partial charge is 0.410 e. The Labute approximate surface area is 303 Å². The monoisotopic (exact) mass is 737 g/mol. The van der Waals surface area contributed by atoms with Crippen LogP contribution in [-0.2, 0) is 47.0 Å². The van der Waals surface area contributed by atoms with E-state index in [2.05, 4.69) is 34.1 Å². The fraction of sp³-hybridized carbons (Fsp3) is 0.595. The molecule has 52 heavy (non-hydrogen) atoms. The molecule has 3 saturated carbocycles. The maximum Gasteiger partial charge on any atom is 0.410 e. The fourth-order valence-corrected chi connectivity index (χ4v) is 9.24. The summed E-state index contributed by atoms with van der Waals surface area (Å²) in [6, 6.07) is 3.65. The number of ether oxygens (including phenoxy) is 2. The number of allylic oxidation sites excluding steroid dienone is 1. The molecule has 7 atom stereocenters. The van der Waals surface area contributed by atoms with Crippen molar-refractivity contribution in [1.29, 1.82) is 0 Å². The van der Waals surface area contributed by atoms with Gasteiger partial charge in [0.05, 0.1) is 18.3 Å². The zero-order valence-corrected chi connectivity index (χ0v) is 30.6. The van der Waals surface area contributed by atoms with Crippen LogP contribution in [0, 0.1) is 17.8 Å². The third kappa shape index (κ3) is 6.91. The van der Waals surface area contributed by atoms with Crippen molar-refractivity contribution >= 4 is 46.0 Å². The summed E-state index contributed by atoms with van der Waals surface area (Å²) in [5.41, 5.74) is 0.797. The summed E-state index contributed by atoms with van der Waals surface area (Å²) in [7, 11) is -3.91. The molecule has 0 aromatic heterocycles. The summed E-state index contributed by atoms with van der Waals surface area (Å²) >= 11 is 0. The first-order chi connectivity index (χ1) is 24.6. The van der Waals surface area contributed by atoms with Crippen molar-refractivity contribution < 1.29 is 41.9 Å². The molecule has 3 aliphatic carbocycles. The number of fused-ring (bicyclic) bond motifs is 4. The number of carbonyl (C=O) groups excluding carboxylic acids is 5. The van der Waals surface area contributed by atoms with Gasteiger partial charge >= 0.3 is 12.2 Å². The molecule has 4 bridgehead atoms. The van der Waals surface area contributed by atoms with E-state index in [1.807, 2.05) is 25.1 Å². The van der Waals surface area contributed by atoms with E-state index in [9.17, 15) is 32.4 Å². The molecule has 3 N–H and O–H groups in total. The second-order valence-electron chi connectivity index (χ2n) is 15.7. The molecule has 5 amide bonds. The third-order valence-corrected chi connectivity index (χ3v) is 13.3. The lowest BCUT2D eigenvalue weighted by Gasteiger charge is -2.31. The van der Waals surface area contributed by atoms with Crippen molar-refractivity contribution in [3.63, 3.8) is 0 Å². The highest BCUT2D eigenvalue weighted by Gasteiger charge is 2.62. The zero-order valence-electron chi connectivity index (χ0n) is 29.8.